The van der Waals surface area contributed by atoms with Gasteiger partial charge in [-0.15, -0.1) is 11.8 Å². The van der Waals surface area contributed by atoms with Crippen molar-refractivity contribution in [1.82, 2.24) is 5.32 Å². The highest BCUT2D eigenvalue weighted by atomic mass is 32.2. The average molecular weight is 157 g/mol. The average Bonchev–Trinajstić information content (AvgIpc) is 1.88. The minimum absolute atomic E-state index is 0.102. The maximum absolute atomic E-state index is 11.1. The molecule has 1 aliphatic heterocycles. The third-order valence-electron chi connectivity index (χ3n) is 1.38. The monoisotopic (exact) mass is 157 g/mol. The summed E-state index contributed by atoms with van der Waals surface area (Å²) >= 11 is 1.59. The molecule has 0 aromatic carbocycles. The van der Waals surface area contributed by atoms with Gasteiger partial charge in [-0.25, -0.2) is 0 Å². The molecule has 1 unspecified atom stereocenters. The molecule has 0 saturated carbocycles. The molecule has 0 fully saturated rings. The normalized spacial score (nSPS) is 25.1. The Labute approximate surface area is 65.1 Å². The summed E-state index contributed by atoms with van der Waals surface area (Å²) in [5.74, 6) is 0.539. The molecule has 1 amide bonds. The third-order valence-corrected chi connectivity index (χ3v) is 2.73. The predicted octanol–water partition coefficient (Wildman–Crippen LogP) is 1.35. The van der Waals surface area contributed by atoms with Gasteiger partial charge in [-0.05, 0) is 11.3 Å². The molecular formula is C7H11NOS. The number of amides is 1. The van der Waals surface area contributed by atoms with Crippen LogP contribution in [0.1, 0.15) is 13.8 Å². The lowest BCUT2D eigenvalue weighted by atomic mass is 10.1. The van der Waals surface area contributed by atoms with E-state index in [4.69, 9.17) is 0 Å². The van der Waals surface area contributed by atoms with Gasteiger partial charge in [-0.1, -0.05) is 13.8 Å². The zero-order valence-electron chi connectivity index (χ0n) is 6.13. The number of thioether (sulfide) groups is 1. The van der Waals surface area contributed by atoms with Crippen LogP contribution >= 0.6 is 11.8 Å². The molecule has 1 aliphatic rings. The van der Waals surface area contributed by atoms with Crippen LogP contribution in [-0.2, 0) is 4.79 Å². The van der Waals surface area contributed by atoms with Crippen LogP contribution in [0.4, 0.5) is 0 Å². The largest absolute Gasteiger partial charge is 0.331 e. The Hall–Kier alpha value is -0.440. The molecule has 0 bridgehead atoms. The molecule has 0 saturated heterocycles. The first-order chi connectivity index (χ1) is 4.72. The fraction of sp³-hybridized carbons (Fsp3) is 0.571. The number of carbonyl (C=O) groups is 1. The summed E-state index contributed by atoms with van der Waals surface area (Å²) in [5.41, 5.74) is 0. The number of carbonyl (C=O) groups excluding carboxylic acids is 1. The van der Waals surface area contributed by atoms with Gasteiger partial charge >= 0.3 is 0 Å². The van der Waals surface area contributed by atoms with Crippen LogP contribution in [-0.4, -0.2) is 11.2 Å². The lowest BCUT2D eigenvalue weighted by molar-refractivity contribution is -0.120. The van der Waals surface area contributed by atoms with Gasteiger partial charge in [-0.3, -0.25) is 4.79 Å². The van der Waals surface area contributed by atoms with E-state index in [0.29, 0.717) is 5.92 Å². The van der Waals surface area contributed by atoms with Gasteiger partial charge in [-0.2, -0.15) is 0 Å². The quantitative estimate of drug-likeness (QED) is 0.622. The first-order valence-corrected chi connectivity index (χ1v) is 4.27. The van der Waals surface area contributed by atoms with Crippen LogP contribution < -0.4 is 5.32 Å². The van der Waals surface area contributed by atoms with Crippen molar-refractivity contribution in [2.45, 2.75) is 19.1 Å². The minimum atomic E-state index is 0.102. The standard InChI is InChI=1S/C7H11NOS/c1-5(2)6-7(9)8-3-4-10-6/h3-6H,1-2H3,(H,8,9). The van der Waals surface area contributed by atoms with E-state index in [0.717, 1.165) is 0 Å². The summed E-state index contributed by atoms with van der Waals surface area (Å²) in [6.45, 7) is 4.10. The SMILES string of the molecule is CC(C)C1SC=CNC1=O. The molecule has 1 atom stereocenters. The van der Waals surface area contributed by atoms with Crippen molar-refractivity contribution in [3.05, 3.63) is 11.6 Å². The van der Waals surface area contributed by atoms with Crippen LogP contribution in [0.5, 0.6) is 0 Å². The lowest BCUT2D eigenvalue weighted by Gasteiger charge is -2.19. The number of nitrogens with one attached hydrogen (secondary N) is 1. The lowest BCUT2D eigenvalue weighted by Crippen LogP contribution is -2.34. The van der Waals surface area contributed by atoms with Gasteiger partial charge in [0.15, 0.2) is 0 Å². The smallest absolute Gasteiger partial charge is 0.237 e. The highest BCUT2D eigenvalue weighted by Crippen LogP contribution is 2.22. The van der Waals surface area contributed by atoms with Gasteiger partial charge in [0.25, 0.3) is 0 Å². The van der Waals surface area contributed by atoms with Crippen LogP contribution in [0.3, 0.4) is 0 Å². The second kappa shape index (κ2) is 3.10. The minimum Gasteiger partial charge on any atom is -0.331 e. The molecule has 1 heterocycles. The Morgan fingerprint density at radius 3 is 2.80 bits per heavy atom. The topological polar surface area (TPSA) is 29.1 Å². The van der Waals surface area contributed by atoms with E-state index in [1.807, 2.05) is 5.41 Å². The molecule has 0 radical (unpaired) electrons. The Bertz CT molecular complexity index is 165. The van der Waals surface area contributed by atoms with Crippen LogP contribution in [0.2, 0.25) is 0 Å². The van der Waals surface area contributed by atoms with Crippen LogP contribution in [0, 0.1) is 5.92 Å². The summed E-state index contributed by atoms with van der Waals surface area (Å²) in [6.07, 6.45) is 1.69. The number of rotatable bonds is 1. The highest BCUT2D eigenvalue weighted by Gasteiger charge is 2.22. The van der Waals surface area contributed by atoms with E-state index < -0.39 is 0 Å². The van der Waals surface area contributed by atoms with E-state index in [1.165, 1.54) is 0 Å². The van der Waals surface area contributed by atoms with Crippen molar-refractivity contribution in [1.29, 1.82) is 0 Å². The van der Waals surface area contributed by atoms with Crippen LogP contribution in [0.25, 0.3) is 0 Å². The first-order valence-electron chi connectivity index (χ1n) is 3.32. The van der Waals surface area contributed by atoms with Crippen molar-refractivity contribution in [3.8, 4) is 0 Å². The molecule has 0 aliphatic carbocycles. The molecule has 0 aromatic rings. The maximum Gasteiger partial charge on any atom is 0.237 e. The Balaban J connectivity index is 2.59. The zero-order chi connectivity index (χ0) is 7.56. The summed E-state index contributed by atoms with van der Waals surface area (Å²) in [5, 5.41) is 4.70. The fourth-order valence-corrected chi connectivity index (χ4v) is 1.67. The van der Waals surface area contributed by atoms with E-state index in [1.54, 1.807) is 18.0 Å². The predicted molar refractivity (Wildman–Crippen MR) is 43.5 cm³/mol. The Kier molecular flexibility index (Phi) is 2.38. The third kappa shape index (κ3) is 1.53. The summed E-state index contributed by atoms with van der Waals surface area (Å²) in [7, 11) is 0. The van der Waals surface area contributed by atoms with E-state index >= 15 is 0 Å². The second-order valence-corrected chi connectivity index (χ2v) is 3.66. The molecule has 3 heteroatoms. The van der Waals surface area contributed by atoms with Crippen molar-refractivity contribution in [3.63, 3.8) is 0 Å². The van der Waals surface area contributed by atoms with Gasteiger partial charge in [0, 0.05) is 6.20 Å². The van der Waals surface area contributed by atoms with Crippen molar-refractivity contribution in [2.75, 3.05) is 0 Å². The number of hydrogen-bond donors (Lipinski definition) is 1. The fourth-order valence-electron chi connectivity index (χ4n) is 0.844. The molecule has 1 N–H and O–H groups in total. The van der Waals surface area contributed by atoms with Gasteiger partial charge < -0.3 is 5.32 Å². The van der Waals surface area contributed by atoms with Crippen molar-refractivity contribution < 1.29 is 4.79 Å². The zero-order valence-corrected chi connectivity index (χ0v) is 6.94. The molecular weight excluding hydrogens is 146 g/mol. The van der Waals surface area contributed by atoms with Crippen molar-refractivity contribution in [2.24, 2.45) is 5.92 Å². The van der Waals surface area contributed by atoms with Gasteiger partial charge in [0.05, 0.1) is 5.25 Å². The van der Waals surface area contributed by atoms with Gasteiger partial charge in [0.2, 0.25) is 5.91 Å². The number of hydrogen-bond acceptors (Lipinski definition) is 2. The van der Waals surface area contributed by atoms with Crippen molar-refractivity contribution >= 4 is 17.7 Å². The highest BCUT2D eigenvalue weighted by molar-refractivity contribution is 8.03. The first kappa shape index (κ1) is 7.66. The van der Waals surface area contributed by atoms with E-state index in [-0.39, 0.29) is 11.2 Å². The molecule has 10 heavy (non-hydrogen) atoms. The van der Waals surface area contributed by atoms with E-state index in [2.05, 4.69) is 19.2 Å². The molecule has 56 valence electrons. The molecule has 1 rings (SSSR count). The summed E-state index contributed by atoms with van der Waals surface area (Å²) < 4.78 is 0. The van der Waals surface area contributed by atoms with Crippen LogP contribution in [0.15, 0.2) is 11.6 Å². The van der Waals surface area contributed by atoms with E-state index in [9.17, 15) is 4.79 Å². The summed E-state index contributed by atoms with van der Waals surface area (Å²) in [6, 6.07) is 0. The summed E-state index contributed by atoms with van der Waals surface area (Å²) in [4.78, 5) is 11.1. The second-order valence-electron chi connectivity index (χ2n) is 2.61. The maximum atomic E-state index is 11.1. The molecule has 2 nitrogen and oxygen atoms in total. The Morgan fingerprint density at radius 1 is 1.70 bits per heavy atom. The molecule has 0 aromatic heterocycles. The van der Waals surface area contributed by atoms with Gasteiger partial charge in [0.1, 0.15) is 0 Å². The Morgan fingerprint density at radius 2 is 2.40 bits per heavy atom. The molecule has 0 spiro atoms.